The second kappa shape index (κ2) is 7.85. The van der Waals surface area contributed by atoms with Crippen LogP contribution in [0.4, 0.5) is 15.8 Å². The standard InChI is InChI=1S/C23H26FN3O2/c1-26(19-5-3-2-4-6-19)20-11-15-27(16-12-20)22(29)23(13-14-23)21(28)25-18-9-7-17(24)8-10-18/h2-10,20H,11-16H2,1H3,(H,25,28). The van der Waals surface area contributed by atoms with Crippen molar-refractivity contribution in [2.75, 3.05) is 30.4 Å². The highest BCUT2D eigenvalue weighted by molar-refractivity contribution is 6.13. The number of amides is 2. The number of nitrogens with zero attached hydrogens (tertiary/aromatic N) is 2. The van der Waals surface area contributed by atoms with Crippen LogP contribution in [-0.2, 0) is 9.59 Å². The lowest BCUT2D eigenvalue weighted by Crippen LogP contribution is -2.50. The fourth-order valence-corrected chi connectivity index (χ4v) is 4.08. The van der Waals surface area contributed by atoms with Gasteiger partial charge in [-0.25, -0.2) is 4.39 Å². The van der Waals surface area contributed by atoms with Crippen molar-refractivity contribution >= 4 is 23.2 Å². The van der Waals surface area contributed by atoms with Crippen molar-refractivity contribution in [3.8, 4) is 0 Å². The molecule has 1 aliphatic heterocycles. The molecule has 2 aromatic rings. The monoisotopic (exact) mass is 395 g/mol. The van der Waals surface area contributed by atoms with E-state index in [9.17, 15) is 14.0 Å². The van der Waals surface area contributed by atoms with Crippen LogP contribution in [0.5, 0.6) is 0 Å². The van der Waals surface area contributed by atoms with Crippen molar-refractivity contribution < 1.29 is 14.0 Å². The Morgan fingerprint density at radius 2 is 1.66 bits per heavy atom. The van der Waals surface area contributed by atoms with Crippen LogP contribution in [-0.4, -0.2) is 42.9 Å². The molecule has 1 aliphatic carbocycles. The van der Waals surface area contributed by atoms with Gasteiger partial charge in [-0.1, -0.05) is 18.2 Å². The van der Waals surface area contributed by atoms with E-state index < -0.39 is 5.41 Å². The van der Waals surface area contributed by atoms with Crippen LogP contribution in [0.15, 0.2) is 54.6 Å². The third kappa shape index (κ3) is 3.97. The number of halogens is 1. The smallest absolute Gasteiger partial charge is 0.240 e. The van der Waals surface area contributed by atoms with E-state index in [2.05, 4.69) is 29.4 Å². The van der Waals surface area contributed by atoms with Gasteiger partial charge in [0.2, 0.25) is 11.8 Å². The molecule has 0 atom stereocenters. The maximum atomic E-state index is 13.1. The summed E-state index contributed by atoms with van der Waals surface area (Å²) in [5.74, 6) is -0.709. The van der Waals surface area contributed by atoms with Crippen molar-refractivity contribution in [1.82, 2.24) is 4.90 Å². The fourth-order valence-electron chi connectivity index (χ4n) is 4.08. The third-order valence-electron chi connectivity index (χ3n) is 6.16. The number of benzene rings is 2. The minimum atomic E-state index is -0.952. The van der Waals surface area contributed by atoms with E-state index in [1.54, 1.807) is 0 Å². The molecule has 0 bridgehead atoms. The first-order chi connectivity index (χ1) is 14.0. The van der Waals surface area contributed by atoms with Gasteiger partial charge in [0.25, 0.3) is 0 Å². The van der Waals surface area contributed by atoms with Crippen molar-refractivity contribution in [3.05, 3.63) is 60.4 Å². The van der Waals surface area contributed by atoms with E-state index in [4.69, 9.17) is 0 Å². The number of nitrogens with one attached hydrogen (secondary N) is 1. The van der Waals surface area contributed by atoms with E-state index in [0.717, 1.165) is 12.8 Å². The second-order valence-electron chi connectivity index (χ2n) is 8.01. The molecule has 1 saturated carbocycles. The first-order valence-electron chi connectivity index (χ1n) is 10.1. The van der Waals surface area contributed by atoms with Crippen LogP contribution < -0.4 is 10.2 Å². The molecule has 152 valence electrons. The number of hydrogen-bond acceptors (Lipinski definition) is 3. The number of para-hydroxylation sites is 1. The molecule has 2 aromatic carbocycles. The number of likely N-dealkylation sites (tertiary alicyclic amines) is 1. The van der Waals surface area contributed by atoms with Crippen LogP contribution in [0.1, 0.15) is 25.7 Å². The highest BCUT2D eigenvalue weighted by Crippen LogP contribution is 2.48. The van der Waals surface area contributed by atoms with Crippen molar-refractivity contribution in [2.24, 2.45) is 5.41 Å². The molecule has 1 heterocycles. The zero-order valence-electron chi connectivity index (χ0n) is 16.6. The summed E-state index contributed by atoms with van der Waals surface area (Å²) < 4.78 is 13.1. The van der Waals surface area contributed by atoms with Crippen LogP contribution in [0.25, 0.3) is 0 Å². The summed E-state index contributed by atoms with van der Waals surface area (Å²) in [6, 6.07) is 16.2. The van der Waals surface area contributed by atoms with Gasteiger partial charge in [-0.15, -0.1) is 0 Å². The lowest BCUT2D eigenvalue weighted by Gasteiger charge is -2.39. The average Bonchev–Trinajstić information content (AvgIpc) is 3.57. The van der Waals surface area contributed by atoms with Gasteiger partial charge in [0.05, 0.1) is 0 Å². The Balaban J connectivity index is 1.35. The molecular weight excluding hydrogens is 369 g/mol. The third-order valence-corrected chi connectivity index (χ3v) is 6.16. The molecule has 0 radical (unpaired) electrons. The van der Waals surface area contributed by atoms with E-state index in [0.29, 0.717) is 37.7 Å². The molecule has 2 amide bonds. The molecule has 1 saturated heterocycles. The molecule has 1 N–H and O–H groups in total. The molecule has 5 nitrogen and oxygen atoms in total. The Morgan fingerprint density at radius 1 is 1.03 bits per heavy atom. The summed E-state index contributed by atoms with van der Waals surface area (Å²) in [6.07, 6.45) is 2.91. The number of piperidine rings is 1. The van der Waals surface area contributed by atoms with Crippen LogP contribution in [0.3, 0.4) is 0 Å². The van der Waals surface area contributed by atoms with Crippen molar-refractivity contribution in [2.45, 2.75) is 31.7 Å². The first-order valence-corrected chi connectivity index (χ1v) is 10.1. The summed E-state index contributed by atoms with van der Waals surface area (Å²) in [5.41, 5.74) is 0.736. The number of carbonyl (C=O) groups is 2. The number of carbonyl (C=O) groups excluding carboxylic acids is 2. The zero-order valence-corrected chi connectivity index (χ0v) is 16.6. The first kappa shape index (κ1) is 19.4. The number of rotatable bonds is 5. The van der Waals surface area contributed by atoms with Crippen molar-refractivity contribution in [3.63, 3.8) is 0 Å². The van der Waals surface area contributed by atoms with Gasteiger partial charge in [-0.05, 0) is 62.1 Å². The Bertz CT molecular complexity index is 873. The Hall–Kier alpha value is -2.89. The minimum Gasteiger partial charge on any atom is -0.371 e. The molecule has 0 aromatic heterocycles. The summed E-state index contributed by atoms with van der Waals surface area (Å²) in [4.78, 5) is 30.0. The van der Waals surface area contributed by atoms with Gasteiger partial charge in [0.1, 0.15) is 11.2 Å². The maximum Gasteiger partial charge on any atom is 0.240 e. The second-order valence-corrected chi connectivity index (χ2v) is 8.01. The maximum absolute atomic E-state index is 13.1. The van der Waals surface area contributed by atoms with E-state index in [1.807, 2.05) is 23.1 Å². The Morgan fingerprint density at radius 3 is 2.24 bits per heavy atom. The summed E-state index contributed by atoms with van der Waals surface area (Å²) in [7, 11) is 2.09. The van der Waals surface area contributed by atoms with Gasteiger partial charge in [-0.3, -0.25) is 9.59 Å². The van der Waals surface area contributed by atoms with Gasteiger partial charge in [0.15, 0.2) is 0 Å². The molecule has 0 unspecified atom stereocenters. The van der Waals surface area contributed by atoms with Crippen LogP contribution >= 0.6 is 0 Å². The average molecular weight is 395 g/mol. The highest BCUT2D eigenvalue weighted by Gasteiger charge is 2.58. The van der Waals surface area contributed by atoms with Crippen molar-refractivity contribution in [1.29, 1.82) is 0 Å². The summed E-state index contributed by atoms with van der Waals surface area (Å²) in [5, 5.41) is 2.78. The van der Waals surface area contributed by atoms with Gasteiger partial charge in [-0.2, -0.15) is 0 Å². The topological polar surface area (TPSA) is 52.7 Å². The largest absolute Gasteiger partial charge is 0.371 e. The van der Waals surface area contributed by atoms with Gasteiger partial charge >= 0.3 is 0 Å². The highest BCUT2D eigenvalue weighted by atomic mass is 19.1. The van der Waals surface area contributed by atoms with E-state index in [-0.39, 0.29) is 17.6 Å². The van der Waals surface area contributed by atoms with E-state index >= 15 is 0 Å². The molecule has 2 fully saturated rings. The molecule has 0 spiro atoms. The molecule has 4 rings (SSSR count). The lowest BCUT2D eigenvalue weighted by atomic mass is 9.98. The quantitative estimate of drug-likeness (QED) is 0.786. The molecule has 29 heavy (non-hydrogen) atoms. The fraction of sp³-hybridized carbons (Fsp3) is 0.391. The Kier molecular flexibility index (Phi) is 5.26. The van der Waals surface area contributed by atoms with Gasteiger partial charge in [0, 0.05) is 37.6 Å². The predicted molar refractivity (Wildman–Crippen MR) is 111 cm³/mol. The van der Waals surface area contributed by atoms with Crippen LogP contribution in [0.2, 0.25) is 0 Å². The predicted octanol–water partition coefficient (Wildman–Crippen LogP) is 3.67. The summed E-state index contributed by atoms with van der Waals surface area (Å²) >= 11 is 0. The van der Waals surface area contributed by atoms with Crippen LogP contribution in [0, 0.1) is 11.2 Å². The SMILES string of the molecule is CN(c1ccccc1)C1CCN(C(=O)C2(C(=O)Nc3ccc(F)cc3)CC2)CC1. The normalized spacial score (nSPS) is 18.2. The number of anilines is 2. The minimum absolute atomic E-state index is 0.0714. The number of hydrogen-bond donors (Lipinski definition) is 1. The molecule has 6 heteroatoms. The lowest BCUT2D eigenvalue weighted by molar-refractivity contribution is -0.143. The zero-order chi connectivity index (χ0) is 20.4. The Labute approximate surface area is 170 Å². The van der Waals surface area contributed by atoms with Gasteiger partial charge < -0.3 is 15.1 Å². The van der Waals surface area contributed by atoms with E-state index in [1.165, 1.54) is 30.0 Å². The molecular formula is C23H26FN3O2. The summed E-state index contributed by atoms with van der Waals surface area (Å²) in [6.45, 7) is 1.32. The molecule has 2 aliphatic rings.